The standard InChI is InChI=1S/C20H23NO3/c1-14-6-3-4-7-17(14)15(2)12-20(22)21-16-8-9-18-19(13-16)24-11-5-10-23-18/h3-4,6-9,13,15H,5,10-12H2,1-2H3,(H,21,22). The van der Waals surface area contributed by atoms with E-state index in [0.29, 0.717) is 25.4 Å². The first-order valence-electron chi connectivity index (χ1n) is 8.38. The molecule has 1 amide bonds. The van der Waals surface area contributed by atoms with Gasteiger partial charge in [0.1, 0.15) is 0 Å². The van der Waals surface area contributed by atoms with Gasteiger partial charge in [0.25, 0.3) is 0 Å². The Bertz CT molecular complexity index is 727. The smallest absolute Gasteiger partial charge is 0.224 e. The van der Waals surface area contributed by atoms with E-state index in [1.807, 2.05) is 30.3 Å². The lowest BCUT2D eigenvalue weighted by atomic mass is 9.93. The van der Waals surface area contributed by atoms with Gasteiger partial charge in [-0.15, -0.1) is 0 Å². The largest absolute Gasteiger partial charge is 0.490 e. The van der Waals surface area contributed by atoms with Crippen molar-refractivity contribution in [2.75, 3.05) is 18.5 Å². The minimum atomic E-state index is 0.000225. The lowest BCUT2D eigenvalue weighted by molar-refractivity contribution is -0.116. The van der Waals surface area contributed by atoms with Crippen LogP contribution in [0.3, 0.4) is 0 Å². The second kappa shape index (κ2) is 7.39. The van der Waals surface area contributed by atoms with Crippen LogP contribution in [-0.4, -0.2) is 19.1 Å². The maximum Gasteiger partial charge on any atom is 0.224 e. The maximum absolute atomic E-state index is 12.4. The molecular weight excluding hydrogens is 302 g/mol. The van der Waals surface area contributed by atoms with Crippen LogP contribution in [0, 0.1) is 6.92 Å². The Morgan fingerprint density at radius 1 is 1.12 bits per heavy atom. The van der Waals surface area contributed by atoms with Gasteiger partial charge >= 0.3 is 0 Å². The molecule has 4 nitrogen and oxygen atoms in total. The van der Waals surface area contributed by atoms with Crippen LogP contribution in [0.1, 0.15) is 36.8 Å². The molecule has 1 N–H and O–H groups in total. The second-order valence-corrected chi connectivity index (χ2v) is 6.22. The van der Waals surface area contributed by atoms with Gasteiger partial charge in [-0.25, -0.2) is 0 Å². The highest BCUT2D eigenvalue weighted by Crippen LogP contribution is 2.32. The Balaban J connectivity index is 1.65. The minimum absolute atomic E-state index is 0.000225. The molecule has 2 aromatic carbocycles. The average molecular weight is 325 g/mol. The number of ether oxygens (including phenoxy) is 2. The van der Waals surface area contributed by atoms with Crippen molar-refractivity contribution >= 4 is 11.6 Å². The van der Waals surface area contributed by atoms with Crippen molar-refractivity contribution in [3.63, 3.8) is 0 Å². The van der Waals surface area contributed by atoms with Crippen molar-refractivity contribution in [3.05, 3.63) is 53.6 Å². The highest BCUT2D eigenvalue weighted by Gasteiger charge is 2.15. The molecule has 3 rings (SSSR count). The molecule has 24 heavy (non-hydrogen) atoms. The van der Waals surface area contributed by atoms with Crippen LogP contribution in [0.2, 0.25) is 0 Å². The number of benzene rings is 2. The molecule has 0 fully saturated rings. The summed E-state index contributed by atoms with van der Waals surface area (Å²) in [5.74, 6) is 1.60. The van der Waals surface area contributed by atoms with Crippen molar-refractivity contribution in [2.24, 2.45) is 0 Å². The normalized spacial score (nSPS) is 14.6. The third-order valence-electron chi connectivity index (χ3n) is 4.24. The van der Waals surface area contributed by atoms with E-state index in [4.69, 9.17) is 9.47 Å². The molecule has 0 radical (unpaired) electrons. The van der Waals surface area contributed by atoms with Crippen molar-refractivity contribution in [1.82, 2.24) is 0 Å². The number of carbonyl (C=O) groups excluding carboxylic acids is 1. The average Bonchev–Trinajstić information content (AvgIpc) is 2.80. The third kappa shape index (κ3) is 3.88. The first kappa shape index (κ1) is 16.4. The van der Waals surface area contributed by atoms with Crippen molar-refractivity contribution in [2.45, 2.75) is 32.6 Å². The van der Waals surface area contributed by atoms with Gasteiger partial charge in [0.15, 0.2) is 11.5 Å². The van der Waals surface area contributed by atoms with E-state index in [2.05, 4.69) is 31.3 Å². The Morgan fingerprint density at radius 2 is 1.88 bits per heavy atom. The second-order valence-electron chi connectivity index (χ2n) is 6.22. The van der Waals surface area contributed by atoms with Crippen LogP contribution in [-0.2, 0) is 4.79 Å². The Morgan fingerprint density at radius 3 is 2.67 bits per heavy atom. The van der Waals surface area contributed by atoms with Crippen LogP contribution in [0.4, 0.5) is 5.69 Å². The fraction of sp³-hybridized carbons (Fsp3) is 0.350. The van der Waals surface area contributed by atoms with Gasteiger partial charge in [-0.3, -0.25) is 4.79 Å². The molecule has 0 saturated carbocycles. The van der Waals surface area contributed by atoms with E-state index in [0.717, 1.165) is 17.9 Å². The van der Waals surface area contributed by atoms with Gasteiger partial charge in [0.05, 0.1) is 13.2 Å². The third-order valence-corrected chi connectivity index (χ3v) is 4.24. The summed E-state index contributed by atoms with van der Waals surface area (Å²) in [6.45, 7) is 5.45. The molecule has 1 aliphatic rings. The zero-order chi connectivity index (χ0) is 16.9. The summed E-state index contributed by atoms with van der Waals surface area (Å²) in [4.78, 5) is 12.4. The van der Waals surface area contributed by atoms with Crippen LogP contribution in [0.15, 0.2) is 42.5 Å². The van der Waals surface area contributed by atoms with Gasteiger partial charge < -0.3 is 14.8 Å². The van der Waals surface area contributed by atoms with Gasteiger partial charge in [0, 0.05) is 24.6 Å². The number of anilines is 1. The molecule has 0 spiro atoms. The van der Waals surface area contributed by atoms with Gasteiger partial charge in [-0.2, -0.15) is 0 Å². The minimum Gasteiger partial charge on any atom is -0.490 e. The summed E-state index contributed by atoms with van der Waals surface area (Å²) < 4.78 is 11.3. The Labute approximate surface area is 142 Å². The van der Waals surface area contributed by atoms with Crippen LogP contribution in [0.5, 0.6) is 11.5 Å². The molecule has 1 unspecified atom stereocenters. The van der Waals surface area contributed by atoms with Gasteiger partial charge in [-0.1, -0.05) is 31.2 Å². The maximum atomic E-state index is 12.4. The highest BCUT2D eigenvalue weighted by atomic mass is 16.5. The molecular formula is C20H23NO3. The van der Waals surface area contributed by atoms with Crippen LogP contribution >= 0.6 is 0 Å². The van der Waals surface area contributed by atoms with Gasteiger partial charge in [0.2, 0.25) is 5.91 Å². The summed E-state index contributed by atoms with van der Waals surface area (Å²) in [5.41, 5.74) is 3.17. The van der Waals surface area contributed by atoms with Gasteiger partial charge in [-0.05, 0) is 36.1 Å². The van der Waals surface area contributed by atoms with E-state index in [-0.39, 0.29) is 11.8 Å². The molecule has 0 aliphatic carbocycles. The first-order valence-corrected chi connectivity index (χ1v) is 8.38. The molecule has 0 aromatic heterocycles. The Kier molecular flexibility index (Phi) is 5.04. The van der Waals surface area contributed by atoms with Crippen molar-refractivity contribution in [1.29, 1.82) is 0 Å². The molecule has 1 atom stereocenters. The van der Waals surface area contributed by atoms with Crippen LogP contribution in [0.25, 0.3) is 0 Å². The molecule has 0 bridgehead atoms. The SMILES string of the molecule is Cc1ccccc1C(C)CC(=O)Nc1ccc2c(c1)OCCCO2. The molecule has 0 saturated heterocycles. The fourth-order valence-electron chi connectivity index (χ4n) is 2.98. The zero-order valence-electron chi connectivity index (χ0n) is 14.2. The number of fused-ring (bicyclic) bond motifs is 1. The number of rotatable bonds is 4. The van der Waals surface area contributed by atoms with Crippen molar-refractivity contribution < 1.29 is 14.3 Å². The lowest BCUT2D eigenvalue weighted by Crippen LogP contribution is -2.15. The highest BCUT2D eigenvalue weighted by molar-refractivity contribution is 5.91. The summed E-state index contributed by atoms with van der Waals surface area (Å²) in [6.07, 6.45) is 1.31. The summed E-state index contributed by atoms with van der Waals surface area (Å²) in [5, 5.41) is 2.96. The van der Waals surface area contributed by atoms with E-state index in [9.17, 15) is 4.79 Å². The zero-order valence-corrected chi connectivity index (χ0v) is 14.2. The van der Waals surface area contributed by atoms with Crippen LogP contribution < -0.4 is 14.8 Å². The van der Waals surface area contributed by atoms with E-state index in [1.54, 1.807) is 0 Å². The predicted molar refractivity (Wildman–Crippen MR) is 94.9 cm³/mol. The summed E-state index contributed by atoms with van der Waals surface area (Å²) in [6, 6.07) is 13.7. The lowest BCUT2D eigenvalue weighted by Gasteiger charge is -2.15. The predicted octanol–water partition coefficient (Wildman–Crippen LogP) is 4.29. The number of nitrogens with one attached hydrogen (secondary N) is 1. The van der Waals surface area contributed by atoms with Crippen molar-refractivity contribution in [3.8, 4) is 11.5 Å². The van der Waals surface area contributed by atoms with E-state index >= 15 is 0 Å². The summed E-state index contributed by atoms with van der Waals surface area (Å²) >= 11 is 0. The molecule has 2 aromatic rings. The first-order chi connectivity index (χ1) is 11.6. The fourth-order valence-corrected chi connectivity index (χ4v) is 2.98. The number of carbonyl (C=O) groups is 1. The summed E-state index contributed by atoms with van der Waals surface area (Å²) in [7, 11) is 0. The quantitative estimate of drug-likeness (QED) is 0.912. The number of hydrogen-bond acceptors (Lipinski definition) is 3. The monoisotopic (exact) mass is 325 g/mol. The van der Waals surface area contributed by atoms with E-state index < -0.39 is 0 Å². The Hall–Kier alpha value is -2.49. The number of aryl methyl sites for hydroxylation is 1. The number of hydrogen-bond donors (Lipinski definition) is 1. The molecule has 1 heterocycles. The molecule has 126 valence electrons. The number of amides is 1. The molecule has 4 heteroatoms. The topological polar surface area (TPSA) is 47.6 Å². The molecule has 1 aliphatic heterocycles. The van der Waals surface area contributed by atoms with E-state index in [1.165, 1.54) is 11.1 Å².